The van der Waals surface area contributed by atoms with E-state index in [1.807, 2.05) is 61.4 Å². The summed E-state index contributed by atoms with van der Waals surface area (Å²) >= 11 is 1.52. The van der Waals surface area contributed by atoms with Gasteiger partial charge in [-0.05, 0) is 72.1 Å². The highest BCUT2D eigenvalue weighted by Crippen LogP contribution is 2.23. The maximum Gasteiger partial charge on any atom is 0.410 e. The molecule has 35 heavy (non-hydrogen) atoms. The van der Waals surface area contributed by atoms with Crippen molar-refractivity contribution < 1.29 is 14.3 Å². The van der Waals surface area contributed by atoms with E-state index in [0.717, 1.165) is 42.2 Å². The largest absolute Gasteiger partial charge is 0.444 e. The van der Waals surface area contributed by atoms with Crippen molar-refractivity contribution in [3.8, 4) is 0 Å². The van der Waals surface area contributed by atoms with Gasteiger partial charge in [0.05, 0.1) is 23.5 Å². The van der Waals surface area contributed by atoms with Crippen LogP contribution in [0.1, 0.15) is 69.1 Å². The number of rotatable bonds is 9. The van der Waals surface area contributed by atoms with Gasteiger partial charge in [-0.1, -0.05) is 12.1 Å². The average molecular weight is 501 g/mol. The number of carbonyl (C=O) groups excluding carboxylic acids is 2. The second kappa shape index (κ2) is 12.3. The summed E-state index contributed by atoms with van der Waals surface area (Å²) < 4.78 is 5.68. The topological polar surface area (TPSA) is 73.9 Å². The second-order valence-electron chi connectivity index (χ2n) is 10.3. The number of nitrogens with zero attached hydrogens (tertiary/aromatic N) is 2. The van der Waals surface area contributed by atoms with E-state index < -0.39 is 5.60 Å². The van der Waals surface area contributed by atoms with Crippen molar-refractivity contribution >= 4 is 34.7 Å². The Morgan fingerprint density at radius 2 is 1.80 bits per heavy atom. The minimum absolute atomic E-state index is 0.0898. The normalized spacial score (nSPS) is 14.1. The van der Waals surface area contributed by atoms with E-state index in [4.69, 9.17) is 4.74 Å². The molecule has 0 unspecified atom stereocenters. The average Bonchev–Trinajstić information content (AvgIpc) is 3.26. The lowest BCUT2D eigenvalue weighted by molar-refractivity contribution is 0.0243. The highest BCUT2D eigenvalue weighted by atomic mass is 32.1. The first-order chi connectivity index (χ1) is 16.6. The number of thiophene rings is 1. The molecule has 1 aliphatic rings. The Labute approximate surface area is 213 Å². The summed E-state index contributed by atoms with van der Waals surface area (Å²) in [7, 11) is 0. The SMILES string of the molecule is CC(C)Nc1ccccc1NCCN(Cc1cc(C(=O)N2CCCCC2)cs1)C(=O)OC(C)(C)C. The van der Waals surface area contributed by atoms with Crippen LogP contribution in [0, 0.1) is 0 Å². The van der Waals surface area contributed by atoms with E-state index in [9.17, 15) is 9.59 Å². The zero-order valence-electron chi connectivity index (χ0n) is 21.7. The molecule has 2 heterocycles. The molecule has 2 N–H and O–H groups in total. The molecule has 1 saturated heterocycles. The molecule has 192 valence electrons. The zero-order chi connectivity index (χ0) is 25.4. The van der Waals surface area contributed by atoms with Crippen LogP contribution in [0.5, 0.6) is 0 Å². The molecule has 1 aliphatic heterocycles. The van der Waals surface area contributed by atoms with Gasteiger partial charge in [-0.3, -0.25) is 4.79 Å². The molecule has 0 saturated carbocycles. The highest BCUT2D eigenvalue weighted by Gasteiger charge is 2.24. The van der Waals surface area contributed by atoms with Gasteiger partial charge in [-0.2, -0.15) is 0 Å². The van der Waals surface area contributed by atoms with E-state index in [-0.39, 0.29) is 12.0 Å². The number of carbonyl (C=O) groups is 2. The fraction of sp³-hybridized carbons (Fsp3) is 0.556. The van der Waals surface area contributed by atoms with Crippen molar-refractivity contribution in [1.82, 2.24) is 9.80 Å². The van der Waals surface area contributed by atoms with E-state index in [0.29, 0.717) is 31.2 Å². The molecule has 1 aromatic carbocycles. The number of amides is 2. The maximum absolute atomic E-state index is 13.0. The quantitative estimate of drug-likeness (QED) is 0.439. The summed E-state index contributed by atoms with van der Waals surface area (Å²) in [5, 5.41) is 8.80. The number of anilines is 2. The summed E-state index contributed by atoms with van der Waals surface area (Å²) in [6, 6.07) is 10.3. The zero-order valence-corrected chi connectivity index (χ0v) is 22.5. The standard InChI is InChI=1S/C27H40N4O3S/c1-20(2)29-24-12-8-7-11-23(24)28-13-16-31(26(33)34-27(3,4)5)18-22-17-21(19-35-22)25(32)30-14-9-6-10-15-30/h7-8,11-12,17,19-20,28-29H,6,9-10,13-16,18H2,1-5H3. The van der Waals surface area contributed by atoms with Crippen molar-refractivity contribution in [3.05, 3.63) is 46.2 Å². The van der Waals surface area contributed by atoms with Crippen LogP contribution >= 0.6 is 11.3 Å². The van der Waals surface area contributed by atoms with Crippen LogP contribution in [0.4, 0.5) is 16.2 Å². The maximum atomic E-state index is 13.0. The Balaban J connectivity index is 1.66. The minimum Gasteiger partial charge on any atom is -0.444 e. The monoisotopic (exact) mass is 500 g/mol. The third-order valence-electron chi connectivity index (χ3n) is 5.61. The Bertz CT molecular complexity index is 977. The molecule has 1 aromatic heterocycles. The fourth-order valence-corrected chi connectivity index (χ4v) is 4.88. The van der Waals surface area contributed by atoms with E-state index in [1.54, 1.807) is 4.90 Å². The number of ether oxygens (including phenoxy) is 1. The van der Waals surface area contributed by atoms with E-state index in [1.165, 1.54) is 17.8 Å². The molecule has 7 nitrogen and oxygen atoms in total. The van der Waals surface area contributed by atoms with Gasteiger partial charge >= 0.3 is 6.09 Å². The molecular formula is C27H40N4O3S. The lowest BCUT2D eigenvalue weighted by atomic mass is 10.1. The van der Waals surface area contributed by atoms with Crippen LogP contribution in [-0.4, -0.2) is 59.6 Å². The molecule has 0 radical (unpaired) electrons. The summed E-state index contributed by atoms with van der Waals surface area (Å²) in [5.74, 6) is 0.0898. The van der Waals surface area contributed by atoms with Crippen LogP contribution in [0.15, 0.2) is 35.7 Å². The van der Waals surface area contributed by atoms with Crippen molar-refractivity contribution in [2.45, 2.75) is 72.1 Å². The van der Waals surface area contributed by atoms with Crippen molar-refractivity contribution in [2.75, 3.05) is 36.8 Å². The van der Waals surface area contributed by atoms with E-state index in [2.05, 4.69) is 24.5 Å². The number of nitrogens with one attached hydrogen (secondary N) is 2. The molecule has 0 bridgehead atoms. The summed E-state index contributed by atoms with van der Waals surface area (Å²) in [6.45, 7) is 12.9. The van der Waals surface area contributed by atoms with Gasteiger partial charge in [0, 0.05) is 42.5 Å². The van der Waals surface area contributed by atoms with Crippen LogP contribution < -0.4 is 10.6 Å². The first-order valence-electron chi connectivity index (χ1n) is 12.6. The van der Waals surface area contributed by atoms with Gasteiger partial charge < -0.3 is 25.2 Å². The highest BCUT2D eigenvalue weighted by molar-refractivity contribution is 7.10. The molecule has 8 heteroatoms. The Kier molecular flexibility index (Phi) is 9.43. The van der Waals surface area contributed by atoms with Gasteiger partial charge in [-0.25, -0.2) is 4.79 Å². The van der Waals surface area contributed by atoms with Crippen molar-refractivity contribution in [3.63, 3.8) is 0 Å². The van der Waals surface area contributed by atoms with Crippen molar-refractivity contribution in [2.24, 2.45) is 0 Å². The third-order valence-corrected chi connectivity index (χ3v) is 6.53. The number of benzene rings is 1. The molecule has 3 rings (SSSR count). The van der Waals surface area contributed by atoms with Crippen LogP contribution in [-0.2, 0) is 11.3 Å². The first-order valence-corrected chi connectivity index (χ1v) is 13.4. The third kappa shape index (κ3) is 8.46. The summed E-state index contributed by atoms with van der Waals surface area (Å²) in [5.41, 5.74) is 2.16. The number of hydrogen-bond donors (Lipinski definition) is 2. The predicted octanol–water partition coefficient (Wildman–Crippen LogP) is 6.04. The predicted molar refractivity (Wildman–Crippen MR) is 144 cm³/mol. The Morgan fingerprint density at radius 1 is 1.11 bits per heavy atom. The lowest BCUT2D eigenvalue weighted by Gasteiger charge is -2.27. The minimum atomic E-state index is -0.582. The number of likely N-dealkylation sites (tertiary alicyclic amines) is 1. The molecule has 2 amide bonds. The fourth-order valence-electron chi connectivity index (χ4n) is 4.00. The molecule has 1 fully saturated rings. The summed E-state index contributed by atoms with van der Waals surface area (Å²) in [4.78, 5) is 30.5. The van der Waals surface area contributed by atoms with Crippen LogP contribution in [0.25, 0.3) is 0 Å². The Morgan fingerprint density at radius 3 is 2.46 bits per heavy atom. The summed E-state index contributed by atoms with van der Waals surface area (Å²) in [6.07, 6.45) is 2.97. The van der Waals surface area contributed by atoms with Crippen LogP contribution in [0.2, 0.25) is 0 Å². The molecule has 2 aromatic rings. The van der Waals surface area contributed by atoms with Gasteiger partial charge in [0.1, 0.15) is 5.60 Å². The second-order valence-corrected chi connectivity index (χ2v) is 11.3. The molecule has 0 atom stereocenters. The number of piperidine rings is 1. The number of hydrogen-bond acceptors (Lipinski definition) is 6. The van der Waals surface area contributed by atoms with Crippen molar-refractivity contribution in [1.29, 1.82) is 0 Å². The molecule has 0 aliphatic carbocycles. The van der Waals surface area contributed by atoms with Crippen LogP contribution in [0.3, 0.4) is 0 Å². The molecule has 0 spiro atoms. The van der Waals surface area contributed by atoms with Gasteiger partial charge in [0.25, 0.3) is 5.91 Å². The first kappa shape index (κ1) is 26.9. The van der Waals surface area contributed by atoms with Gasteiger partial charge in [0.2, 0.25) is 0 Å². The Hall–Kier alpha value is -2.74. The van der Waals surface area contributed by atoms with E-state index >= 15 is 0 Å². The molecular weight excluding hydrogens is 460 g/mol. The van der Waals surface area contributed by atoms with Gasteiger partial charge in [0.15, 0.2) is 0 Å². The van der Waals surface area contributed by atoms with Gasteiger partial charge in [-0.15, -0.1) is 11.3 Å². The number of para-hydroxylation sites is 2. The lowest BCUT2D eigenvalue weighted by Crippen LogP contribution is -2.38. The smallest absolute Gasteiger partial charge is 0.410 e.